The van der Waals surface area contributed by atoms with Crippen LogP contribution in [-0.2, 0) is 0 Å². The molecule has 0 aromatic heterocycles. The first-order chi connectivity index (χ1) is 10.1. The maximum absolute atomic E-state index is 5.81. The number of ether oxygens (including phenoxy) is 1. The van der Waals surface area contributed by atoms with Crippen LogP contribution in [-0.4, -0.2) is 36.1 Å². The van der Waals surface area contributed by atoms with E-state index in [2.05, 4.69) is 18.7 Å². The molecule has 1 aromatic rings. The molecule has 1 fully saturated rings. The lowest BCUT2D eigenvalue weighted by Gasteiger charge is -2.26. The SMILES string of the molecule is CCC1(CC)CCN(CCOc2ccc(C(N)=S)cc2)C1. The van der Waals surface area contributed by atoms with Crippen LogP contribution in [0, 0.1) is 5.41 Å². The Morgan fingerprint density at radius 1 is 1.29 bits per heavy atom. The van der Waals surface area contributed by atoms with E-state index < -0.39 is 0 Å². The summed E-state index contributed by atoms with van der Waals surface area (Å²) in [5, 5.41) is 0. The lowest BCUT2D eigenvalue weighted by molar-refractivity contribution is 0.204. The molecule has 1 aromatic carbocycles. The van der Waals surface area contributed by atoms with E-state index in [0.29, 0.717) is 10.4 Å². The monoisotopic (exact) mass is 306 g/mol. The second-order valence-corrected chi connectivity index (χ2v) is 6.41. The Morgan fingerprint density at radius 3 is 2.48 bits per heavy atom. The first kappa shape index (κ1) is 16.2. The molecule has 1 aliphatic rings. The molecule has 0 radical (unpaired) electrons. The van der Waals surface area contributed by atoms with E-state index in [1.807, 2.05) is 24.3 Å². The third-order valence-electron chi connectivity index (χ3n) is 4.83. The molecule has 0 unspecified atom stereocenters. The summed E-state index contributed by atoms with van der Waals surface area (Å²) in [6.45, 7) is 8.77. The first-order valence-corrected chi connectivity index (χ1v) is 8.24. The Labute approximate surface area is 133 Å². The van der Waals surface area contributed by atoms with Crippen LogP contribution in [0.15, 0.2) is 24.3 Å². The van der Waals surface area contributed by atoms with Crippen LogP contribution in [0.3, 0.4) is 0 Å². The van der Waals surface area contributed by atoms with Crippen LogP contribution in [0.5, 0.6) is 5.75 Å². The van der Waals surface area contributed by atoms with Gasteiger partial charge in [-0.25, -0.2) is 0 Å². The Balaban J connectivity index is 1.76. The van der Waals surface area contributed by atoms with Crippen molar-refractivity contribution in [1.29, 1.82) is 0 Å². The molecule has 2 N–H and O–H groups in total. The van der Waals surface area contributed by atoms with Gasteiger partial charge in [-0.2, -0.15) is 0 Å². The van der Waals surface area contributed by atoms with Crippen molar-refractivity contribution in [3.05, 3.63) is 29.8 Å². The Hall–Kier alpha value is -1.13. The van der Waals surface area contributed by atoms with Gasteiger partial charge >= 0.3 is 0 Å². The standard InChI is InChI=1S/C17H26N2OS/c1-3-17(4-2)9-10-19(13-17)11-12-20-15-7-5-14(6-8-15)16(18)21/h5-8H,3-4,9-13H2,1-2H3,(H2,18,21). The molecule has 4 heteroatoms. The van der Waals surface area contributed by atoms with E-state index >= 15 is 0 Å². The molecule has 3 nitrogen and oxygen atoms in total. The summed E-state index contributed by atoms with van der Waals surface area (Å²) in [7, 11) is 0. The third-order valence-corrected chi connectivity index (χ3v) is 5.07. The summed E-state index contributed by atoms with van der Waals surface area (Å²) in [4.78, 5) is 2.95. The molecule has 21 heavy (non-hydrogen) atoms. The number of hydrogen-bond donors (Lipinski definition) is 1. The zero-order valence-corrected chi connectivity index (χ0v) is 13.9. The Morgan fingerprint density at radius 2 is 1.95 bits per heavy atom. The first-order valence-electron chi connectivity index (χ1n) is 7.83. The summed E-state index contributed by atoms with van der Waals surface area (Å²) < 4.78 is 5.81. The number of thiocarbonyl (C=S) groups is 1. The summed E-state index contributed by atoms with van der Waals surface area (Å²) >= 11 is 4.94. The van der Waals surface area contributed by atoms with Crippen molar-refractivity contribution >= 4 is 17.2 Å². The molecule has 0 spiro atoms. The zero-order chi connectivity index (χ0) is 15.3. The van der Waals surface area contributed by atoms with Gasteiger partial charge in [0.2, 0.25) is 0 Å². The van der Waals surface area contributed by atoms with Crippen molar-refractivity contribution in [2.75, 3.05) is 26.2 Å². The van der Waals surface area contributed by atoms with Gasteiger partial charge in [-0.15, -0.1) is 0 Å². The minimum Gasteiger partial charge on any atom is -0.492 e. The average molecular weight is 306 g/mol. The van der Waals surface area contributed by atoms with Crippen LogP contribution < -0.4 is 10.5 Å². The van der Waals surface area contributed by atoms with Crippen molar-refractivity contribution in [1.82, 2.24) is 4.90 Å². The molecule has 1 saturated heterocycles. The van der Waals surface area contributed by atoms with Gasteiger partial charge in [0.1, 0.15) is 17.3 Å². The quantitative estimate of drug-likeness (QED) is 0.785. The van der Waals surface area contributed by atoms with Crippen molar-refractivity contribution in [2.24, 2.45) is 11.1 Å². The van der Waals surface area contributed by atoms with Gasteiger partial charge in [0.25, 0.3) is 0 Å². The average Bonchev–Trinajstić information content (AvgIpc) is 2.92. The van der Waals surface area contributed by atoms with E-state index in [0.717, 1.165) is 24.5 Å². The zero-order valence-electron chi connectivity index (χ0n) is 13.1. The largest absolute Gasteiger partial charge is 0.492 e. The third kappa shape index (κ3) is 4.17. The fourth-order valence-electron chi connectivity index (χ4n) is 3.05. The normalized spacial score (nSPS) is 17.8. The molecular weight excluding hydrogens is 280 g/mol. The van der Waals surface area contributed by atoms with Crippen LogP contribution in [0.25, 0.3) is 0 Å². The van der Waals surface area contributed by atoms with Crippen LogP contribution in [0.4, 0.5) is 0 Å². The van der Waals surface area contributed by atoms with Gasteiger partial charge in [-0.3, -0.25) is 4.90 Å². The summed E-state index contributed by atoms with van der Waals surface area (Å²) in [5.41, 5.74) is 7.00. The maximum atomic E-state index is 5.81. The van der Waals surface area contributed by atoms with Crippen molar-refractivity contribution in [3.8, 4) is 5.75 Å². The summed E-state index contributed by atoms with van der Waals surface area (Å²) in [5.74, 6) is 0.881. The summed E-state index contributed by atoms with van der Waals surface area (Å²) in [6, 6.07) is 7.68. The number of rotatable bonds is 7. The number of hydrogen-bond acceptors (Lipinski definition) is 3. The highest BCUT2D eigenvalue weighted by Crippen LogP contribution is 2.36. The Kier molecular flexibility index (Phi) is 5.59. The van der Waals surface area contributed by atoms with Gasteiger partial charge < -0.3 is 10.5 Å². The highest BCUT2D eigenvalue weighted by Gasteiger charge is 2.34. The number of likely N-dealkylation sites (tertiary alicyclic amines) is 1. The predicted octanol–water partition coefficient (Wildman–Crippen LogP) is 3.21. The topological polar surface area (TPSA) is 38.5 Å². The second-order valence-electron chi connectivity index (χ2n) is 5.97. The van der Waals surface area contributed by atoms with E-state index in [4.69, 9.17) is 22.7 Å². The smallest absolute Gasteiger partial charge is 0.119 e. The number of benzene rings is 1. The van der Waals surface area contributed by atoms with E-state index in [9.17, 15) is 0 Å². The van der Waals surface area contributed by atoms with E-state index in [-0.39, 0.29) is 0 Å². The van der Waals surface area contributed by atoms with Crippen molar-refractivity contribution in [2.45, 2.75) is 33.1 Å². The van der Waals surface area contributed by atoms with Gasteiger partial charge in [-0.1, -0.05) is 26.1 Å². The van der Waals surface area contributed by atoms with Gasteiger partial charge in [0.15, 0.2) is 0 Å². The highest BCUT2D eigenvalue weighted by atomic mass is 32.1. The minimum absolute atomic E-state index is 0.425. The molecular formula is C17H26N2OS. The van der Waals surface area contributed by atoms with Crippen LogP contribution in [0.1, 0.15) is 38.7 Å². The maximum Gasteiger partial charge on any atom is 0.119 e. The molecule has 0 atom stereocenters. The molecule has 0 saturated carbocycles. The number of nitrogens with zero attached hydrogens (tertiary/aromatic N) is 1. The lowest BCUT2D eigenvalue weighted by Crippen LogP contribution is -2.29. The van der Waals surface area contributed by atoms with Crippen molar-refractivity contribution in [3.63, 3.8) is 0 Å². The molecule has 1 aliphatic heterocycles. The summed E-state index contributed by atoms with van der Waals surface area (Å²) in [6.07, 6.45) is 3.88. The van der Waals surface area contributed by atoms with Crippen LogP contribution >= 0.6 is 12.2 Å². The molecule has 116 valence electrons. The van der Waals surface area contributed by atoms with Crippen LogP contribution in [0.2, 0.25) is 0 Å². The Bertz CT molecular complexity index is 468. The van der Waals surface area contributed by atoms with Gasteiger partial charge in [0.05, 0.1) is 0 Å². The highest BCUT2D eigenvalue weighted by molar-refractivity contribution is 7.80. The molecule has 2 rings (SSSR count). The molecule has 1 heterocycles. The van der Waals surface area contributed by atoms with Gasteiger partial charge in [-0.05, 0) is 55.5 Å². The van der Waals surface area contributed by atoms with Crippen molar-refractivity contribution < 1.29 is 4.74 Å². The molecule has 0 aliphatic carbocycles. The van der Waals surface area contributed by atoms with E-state index in [1.54, 1.807) is 0 Å². The van der Waals surface area contributed by atoms with E-state index in [1.165, 1.54) is 32.4 Å². The second kappa shape index (κ2) is 7.23. The number of nitrogens with two attached hydrogens (primary N) is 1. The molecule has 0 bridgehead atoms. The lowest BCUT2D eigenvalue weighted by atomic mass is 9.82. The predicted molar refractivity (Wildman–Crippen MR) is 91.9 cm³/mol. The molecule has 0 amide bonds. The fourth-order valence-corrected chi connectivity index (χ4v) is 3.19. The minimum atomic E-state index is 0.425. The fraction of sp³-hybridized carbons (Fsp3) is 0.588. The van der Waals surface area contributed by atoms with Gasteiger partial charge in [0, 0.05) is 18.7 Å².